The molecule has 0 radical (unpaired) electrons. The van der Waals surface area contributed by atoms with Gasteiger partial charge in [0.05, 0.1) is 13.2 Å². The van der Waals surface area contributed by atoms with Crippen molar-refractivity contribution in [1.82, 2.24) is 20.6 Å². The molecule has 1 fully saturated rings. The van der Waals surface area contributed by atoms with Gasteiger partial charge >= 0.3 is 0 Å². The Morgan fingerprint density at radius 1 is 1.21 bits per heavy atom. The number of anilines is 1. The predicted octanol–water partition coefficient (Wildman–Crippen LogP) is 2.49. The molecule has 2 aromatic rings. The highest BCUT2D eigenvalue weighted by atomic mass is 127. The summed E-state index contributed by atoms with van der Waals surface area (Å²) in [6.07, 6.45) is 4.47. The van der Waals surface area contributed by atoms with Gasteiger partial charge in [-0.2, -0.15) is 0 Å². The summed E-state index contributed by atoms with van der Waals surface area (Å²) in [6.45, 7) is 4.63. The first-order chi connectivity index (χ1) is 13.3. The Morgan fingerprint density at radius 2 is 2.04 bits per heavy atom. The number of aromatic nitrogens is 2. The summed E-state index contributed by atoms with van der Waals surface area (Å²) in [7, 11) is 1.77. The number of hydrogen-bond acceptors (Lipinski definition) is 5. The third kappa shape index (κ3) is 6.75. The van der Waals surface area contributed by atoms with Crippen LogP contribution in [0, 0.1) is 0 Å². The summed E-state index contributed by atoms with van der Waals surface area (Å²) in [5.74, 6) is 1.77. The first-order valence-electron chi connectivity index (χ1n) is 9.08. The largest absolute Gasteiger partial charge is 0.378 e. The Hall–Kier alpha value is -1.65. The van der Waals surface area contributed by atoms with E-state index in [1.54, 1.807) is 19.3 Å². The van der Waals surface area contributed by atoms with Crippen LogP contribution in [0.15, 0.2) is 41.7 Å². The molecule has 1 saturated heterocycles. The molecule has 0 saturated carbocycles. The number of hydrogen-bond donors (Lipinski definition) is 2. The molecule has 28 heavy (non-hydrogen) atoms. The third-order valence-corrected chi connectivity index (χ3v) is 4.57. The van der Waals surface area contributed by atoms with Crippen LogP contribution in [0.4, 0.5) is 5.82 Å². The van der Waals surface area contributed by atoms with E-state index in [1.165, 1.54) is 0 Å². The monoisotopic (exact) mass is 516 g/mol. The summed E-state index contributed by atoms with van der Waals surface area (Å²) >= 11 is 5.82. The maximum absolute atomic E-state index is 5.82. The highest BCUT2D eigenvalue weighted by Crippen LogP contribution is 2.18. The number of morpholine rings is 1. The van der Waals surface area contributed by atoms with E-state index in [0.29, 0.717) is 11.7 Å². The number of pyridine rings is 2. The Kier molecular flexibility index (Phi) is 9.72. The second kappa shape index (κ2) is 12.0. The van der Waals surface area contributed by atoms with Gasteiger partial charge in [-0.3, -0.25) is 4.99 Å². The number of nitrogens with one attached hydrogen (secondary N) is 2. The molecule has 9 heteroatoms. The van der Waals surface area contributed by atoms with Crippen LogP contribution in [0.3, 0.4) is 0 Å². The van der Waals surface area contributed by atoms with E-state index in [2.05, 4.69) is 36.6 Å². The lowest BCUT2D eigenvalue weighted by atomic mass is 10.2. The smallest absolute Gasteiger partial charge is 0.191 e. The lowest BCUT2D eigenvalue weighted by Gasteiger charge is -2.29. The highest BCUT2D eigenvalue weighted by molar-refractivity contribution is 14.0. The van der Waals surface area contributed by atoms with Gasteiger partial charge in [-0.15, -0.1) is 24.0 Å². The molecule has 0 aliphatic carbocycles. The van der Waals surface area contributed by atoms with E-state index in [9.17, 15) is 0 Å². The van der Waals surface area contributed by atoms with E-state index in [4.69, 9.17) is 16.3 Å². The van der Waals surface area contributed by atoms with Gasteiger partial charge in [0, 0.05) is 51.2 Å². The van der Waals surface area contributed by atoms with Crippen molar-refractivity contribution in [3.63, 3.8) is 0 Å². The minimum Gasteiger partial charge on any atom is -0.378 e. The topological polar surface area (TPSA) is 74.7 Å². The number of halogens is 2. The molecular formula is C19H26ClIN6O. The number of nitrogens with zero attached hydrogens (tertiary/aromatic N) is 4. The van der Waals surface area contributed by atoms with Crippen LogP contribution >= 0.6 is 35.6 Å². The number of aliphatic imine (C=N–C) groups is 1. The first-order valence-corrected chi connectivity index (χ1v) is 9.45. The molecule has 0 amide bonds. The van der Waals surface area contributed by atoms with Crippen molar-refractivity contribution >= 4 is 47.4 Å². The van der Waals surface area contributed by atoms with E-state index >= 15 is 0 Å². The van der Waals surface area contributed by atoms with Gasteiger partial charge in [-0.05, 0) is 24.1 Å². The molecule has 3 rings (SSSR count). The van der Waals surface area contributed by atoms with Crippen molar-refractivity contribution in [3.8, 4) is 0 Å². The highest BCUT2D eigenvalue weighted by Gasteiger charge is 2.15. The second-order valence-corrected chi connectivity index (χ2v) is 6.56. The van der Waals surface area contributed by atoms with Crippen LogP contribution in [0.2, 0.25) is 5.15 Å². The zero-order chi connectivity index (χ0) is 18.9. The van der Waals surface area contributed by atoms with Gasteiger partial charge in [-0.1, -0.05) is 23.7 Å². The average molecular weight is 517 g/mol. The number of rotatable bonds is 6. The summed E-state index contributed by atoms with van der Waals surface area (Å²) in [5.41, 5.74) is 2.27. The molecule has 2 aromatic heterocycles. The minimum atomic E-state index is 0. The average Bonchev–Trinajstić information content (AvgIpc) is 2.73. The Balaban J connectivity index is 0.00000280. The molecule has 3 heterocycles. The Bertz CT molecular complexity index is 752. The summed E-state index contributed by atoms with van der Waals surface area (Å²) in [4.78, 5) is 15.2. The maximum Gasteiger partial charge on any atom is 0.191 e. The van der Waals surface area contributed by atoms with Crippen LogP contribution in [0.25, 0.3) is 0 Å². The van der Waals surface area contributed by atoms with Gasteiger partial charge in [-0.25, -0.2) is 9.97 Å². The van der Waals surface area contributed by atoms with Crippen molar-refractivity contribution in [2.24, 2.45) is 4.99 Å². The van der Waals surface area contributed by atoms with Crippen molar-refractivity contribution in [3.05, 3.63) is 52.9 Å². The Morgan fingerprint density at radius 3 is 2.75 bits per heavy atom. The van der Waals surface area contributed by atoms with E-state index in [-0.39, 0.29) is 24.0 Å². The molecule has 1 aliphatic rings. The summed E-state index contributed by atoms with van der Waals surface area (Å²) < 4.78 is 5.44. The van der Waals surface area contributed by atoms with Crippen molar-refractivity contribution < 1.29 is 4.74 Å². The van der Waals surface area contributed by atoms with E-state index in [0.717, 1.165) is 62.2 Å². The van der Waals surface area contributed by atoms with Crippen molar-refractivity contribution in [2.45, 2.75) is 13.0 Å². The molecule has 1 aliphatic heterocycles. The molecular weight excluding hydrogens is 491 g/mol. The van der Waals surface area contributed by atoms with E-state index < -0.39 is 0 Å². The van der Waals surface area contributed by atoms with Crippen molar-refractivity contribution in [2.75, 3.05) is 44.8 Å². The SMILES string of the molecule is CN=C(NCCc1ccc(Cl)nc1)NCc1cccnc1N1CCOCC1.I. The van der Waals surface area contributed by atoms with Crippen molar-refractivity contribution in [1.29, 1.82) is 0 Å². The van der Waals surface area contributed by atoms with Crippen LogP contribution in [0.1, 0.15) is 11.1 Å². The lowest BCUT2D eigenvalue weighted by Crippen LogP contribution is -2.40. The van der Waals surface area contributed by atoms with Crippen LogP contribution in [0.5, 0.6) is 0 Å². The Labute approximate surface area is 188 Å². The molecule has 0 bridgehead atoms. The fraction of sp³-hybridized carbons (Fsp3) is 0.421. The van der Waals surface area contributed by atoms with Crippen LogP contribution in [-0.2, 0) is 17.7 Å². The predicted molar refractivity (Wildman–Crippen MR) is 124 cm³/mol. The third-order valence-electron chi connectivity index (χ3n) is 4.34. The lowest BCUT2D eigenvalue weighted by molar-refractivity contribution is 0.122. The first kappa shape index (κ1) is 22.6. The fourth-order valence-electron chi connectivity index (χ4n) is 2.91. The number of guanidine groups is 1. The minimum absolute atomic E-state index is 0. The van der Waals surface area contributed by atoms with Gasteiger partial charge in [0.25, 0.3) is 0 Å². The zero-order valence-electron chi connectivity index (χ0n) is 15.9. The van der Waals surface area contributed by atoms with Crippen LogP contribution < -0.4 is 15.5 Å². The second-order valence-electron chi connectivity index (χ2n) is 6.18. The van der Waals surface area contributed by atoms with Gasteiger partial charge in [0.2, 0.25) is 0 Å². The van der Waals surface area contributed by atoms with E-state index in [1.807, 2.05) is 18.3 Å². The fourth-order valence-corrected chi connectivity index (χ4v) is 3.02. The molecule has 0 unspecified atom stereocenters. The molecule has 152 valence electrons. The van der Waals surface area contributed by atoms with Gasteiger partial charge in [0.1, 0.15) is 11.0 Å². The number of ether oxygens (including phenoxy) is 1. The normalized spacial score (nSPS) is 14.4. The molecule has 0 atom stereocenters. The molecule has 0 aromatic carbocycles. The van der Waals surface area contributed by atoms with Crippen LogP contribution in [-0.4, -0.2) is 55.8 Å². The molecule has 7 nitrogen and oxygen atoms in total. The standard InChI is InChI=1S/C19H25ClN6O.HI/c1-21-19(23-8-6-15-4-5-17(20)24-13-15)25-14-16-3-2-7-22-18(16)26-9-11-27-12-10-26;/h2-5,7,13H,6,8-12,14H2,1H3,(H2,21,23,25);1H. The summed E-state index contributed by atoms with van der Waals surface area (Å²) in [6, 6.07) is 7.85. The van der Waals surface area contributed by atoms with Gasteiger partial charge in [0.15, 0.2) is 5.96 Å². The molecule has 2 N–H and O–H groups in total. The maximum atomic E-state index is 5.82. The quantitative estimate of drug-likeness (QED) is 0.266. The zero-order valence-corrected chi connectivity index (χ0v) is 19.0. The van der Waals surface area contributed by atoms with Gasteiger partial charge < -0.3 is 20.3 Å². The molecule has 0 spiro atoms. The summed E-state index contributed by atoms with van der Waals surface area (Å²) in [5, 5.41) is 7.20.